The van der Waals surface area contributed by atoms with E-state index in [4.69, 9.17) is 5.73 Å². The van der Waals surface area contributed by atoms with E-state index >= 15 is 0 Å². The highest BCUT2D eigenvalue weighted by molar-refractivity contribution is 9.10. The molecular formula is C22H21BrN2S. The molecule has 0 fully saturated rings. The van der Waals surface area contributed by atoms with E-state index in [0.29, 0.717) is 0 Å². The van der Waals surface area contributed by atoms with Crippen LogP contribution in [0.3, 0.4) is 0 Å². The van der Waals surface area contributed by atoms with Gasteiger partial charge in [0.1, 0.15) is 0 Å². The Bertz CT molecular complexity index is 1020. The third-order valence-electron chi connectivity index (χ3n) is 4.74. The number of H-pyrrole nitrogens is 1. The number of aryl methyl sites for hydroxylation is 1. The molecule has 2 heterocycles. The lowest BCUT2D eigenvalue weighted by molar-refractivity contribution is 0.748. The first-order valence-corrected chi connectivity index (χ1v) is 10.6. The van der Waals surface area contributed by atoms with E-state index in [2.05, 4.69) is 80.9 Å². The van der Waals surface area contributed by atoms with E-state index in [1.165, 1.54) is 38.2 Å². The quantitative estimate of drug-likeness (QED) is 0.336. The van der Waals surface area contributed by atoms with E-state index in [-0.39, 0.29) is 0 Å². The molecule has 0 atom stereocenters. The summed E-state index contributed by atoms with van der Waals surface area (Å²) in [5.74, 6) is 0. The summed E-state index contributed by atoms with van der Waals surface area (Å²) in [6, 6.07) is 19.4. The lowest BCUT2D eigenvalue weighted by atomic mass is 9.99. The summed E-state index contributed by atoms with van der Waals surface area (Å²) in [4.78, 5) is 4.93. The fourth-order valence-electron chi connectivity index (χ4n) is 3.43. The summed E-state index contributed by atoms with van der Waals surface area (Å²) in [7, 11) is 0. The summed E-state index contributed by atoms with van der Waals surface area (Å²) >= 11 is 5.47. The maximum absolute atomic E-state index is 5.72. The van der Waals surface area contributed by atoms with Crippen molar-refractivity contribution in [1.82, 2.24) is 4.98 Å². The molecule has 2 aromatic carbocycles. The van der Waals surface area contributed by atoms with Crippen molar-refractivity contribution < 1.29 is 0 Å². The SMILES string of the molecule is NCCCCc1c(-c2sccc2Br)[nH]c2ccc(-c3ccccc3)cc12. The van der Waals surface area contributed by atoms with Crippen LogP contribution in [0.2, 0.25) is 0 Å². The largest absolute Gasteiger partial charge is 0.354 e. The smallest absolute Gasteiger partial charge is 0.0650 e. The first-order valence-electron chi connectivity index (χ1n) is 8.91. The van der Waals surface area contributed by atoms with E-state index in [1.807, 2.05) is 0 Å². The molecule has 4 aromatic rings. The van der Waals surface area contributed by atoms with E-state index in [0.717, 1.165) is 30.3 Å². The highest BCUT2D eigenvalue weighted by Gasteiger charge is 2.16. The molecule has 0 saturated carbocycles. The predicted octanol–water partition coefficient (Wildman–Crippen LogP) is 6.61. The number of rotatable bonds is 6. The summed E-state index contributed by atoms with van der Waals surface area (Å²) in [5.41, 5.74) is 12.1. The van der Waals surface area contributed by atoms with Crippen LogP contribution < -0.4 is 5.73 Å². The molecule has 4 heteroatoms. The van der Waals surface area contributed by atoms with E-state index < -0.39 is 0 Å². The van der Waals surface area contributed by atoms with Gasteiger partial charge in [-0.15, -0.1) is 11.3 Å². The molecule has 3 N–H and O–H groups in total. The average Bonchev–Trinajstić information content (AvgIpc) is 3.25. The Kier molecular flexibility index (Phi) is 5.25. The Morgan fingerprint density at radius 2 is 1.81 bits per heavy atom. The maximum Gasteiger partial charge on any atom is 0.0650 e. The lowest BCUT2D eigenvalue weighted by Crippen LogP contribution is -1.99. The first kappa shape index (κ1) is 17.5. The van der Waals surface area contributed by atoms with E-state index in [9.17, 15) is 0 Å². The standard InChI is InChI=1S/C22H21BrN2S/c23-19-11-13-26-22(19)21-17(8-4-5-12-24)18-14-16(9-10-20(18)25-21)15-6-2-1-3-7-15/h1-3,6-7,9-11,13-14,25H,4-5,8,12,24H2. The van der Waals surface area contributed by atoms with Crippen LogP contribution in [-0.4, -0.2) is 11.5 Å². The van der Waals surface area contributed by atoms with Crippen molar-refractivity contribution in [2.24, 2.45) is 5.73 Å². The Morgan fingerprint density at radius 1 is 0.962 bits per heavy atom. The van der Waals surface area contributed by atoms with Gasteiger partial charge < -0.3 is 10.7 Å². The van der Waals surface area contributed by atoms with Gasteiger partial charge in [0.25, 0.3) is 0 Å². The molecule has 0 bridgehead atoms. The Hall–Kier alpha value is -1.88. The minimum Gasteiger partial charge on any atom is -0.354 e. The number of hydrogen-bond donors (Lipinski definition) is 2. The van der Waals surface area contributed by atoms with Gasteiger partial charge in [-0.2, -0.15) is 0 Å². The van der Waals surface area contributed by atoms with Crippen LogP contribution in [0.25, 0.3) is 32.6 Å². The van der Waals surface area contributed by atoms with Crippen LogP contribution in [0, 0.1) is 0 Å². The van der Waals surface area contributed by atoms with Crippen LogP contribution in [-0.2, 0) is 6.42 Å². The normalized spacial score (nSPS) is 11.3. The van der Waals surface area contributed by atoms with Crippen molar-refractivity contribution in [3.05, 3.63) is 70.0 Å². The molecule has 132 valence electrons. The maximum atomic E-state index is 5.72. The zero-order valence-corrected chi connectivity index (χ0v) is 16.9. The number of halogens is 1. The third kappa shape index (κ3) is 3.37. The van der Waals surface area contributed by atoms with Gasteiger partial charge in [-0.25, -0.2) is 0 Å². The molecule has 0 unspecified atom stereocenters. The monoisotopic (exact) mass is 424 g/mol. The van der Waals surface area contributed by atoms with Crippen molar-refractivity contribution >= 4 is 38.2 Å². The molecule has 4 rings (SSSR count). The average molecular weight is 425 g/mol. The van der Waals surface area contributed by atoms with Crippen molar-refractivity contribution in [3.8, 4) is 21.7 Å². The number of unbranched alkanes of at least 4 members (excludes halogenated alkanes) is 1. The second-order valence-electron chi connectivity index (χ2n) is 6.45. The zero-order chi connectivity index (χ0) is 17.9. The molecule has 0 aliphatic rings. The first-order chi connectivity index (χ1) is 12.8. The summed E-state index contributed by atoms with van der Waals surface area (Å²) in [6.45, 7) is 0.746. The number of fused-ring (bicyclic) bond motifs is 1. The number of nitrogens with one attached hydrogen (secondary N) is 1. The van der Waals surface area contributed by atoms with Gasteiger partial charge in [0, 0.05) is 15.4 Å². The van der Waals surface area contributed by atoms with Gasteiger partial charge in [0.2, 0.25) is 0 Å². The second kappa shape index (κ2) is 7.78. The van der Waals surface area contributed by atoms with Crippen LogP contribution in [0.4, 0.5) is 0 Å². The van der Waals surface area contributed by atoms with Crippen molar-refractivity contribution in [3.63, 3.8) is 0 Å². The second-order valence-corrected chi connectivity index (χ2v) is 8.22. The molecule has 0 radical (unpaired) electrons. The molecule has 0 aliphatic carbocycles. The summed E-state index contributed by atoms with van der Waals surface area (Å²) in [6.07, 6.45) is 3.19. The number of hydrogen-bond acceptors (Lipinski definition) is 2. The third-order valence-corrected chi connectivity index (χ3v) is 6.59. The summed E-state index contributed by atoms with van der Waals surface area (Å²) < 4.78 is 1.15. The zero-order valence-electron chi connectivity index (χ0n) is 14.5. The summed E-state index contributed by atoms with van der Waals surface area (Å²) in [5, 5.41) is 3.45. The molecule has 0 spiro atoms. The Labute approximate surface area is 166 Å². The Balaban J connectivity index is 1.86. The number of aromatic nitrogens is 1. The molecular weight excluding hydrogens is 404 g/mol. The van der Waals surface area contributed by atoms with Crippen molar-refractivity contribution in [1.29, 1.82) is 0 Å². The molecule has 0 aliphatic heterocycles. The predicted molar refractivity (Wildman–Crippen MR) is 117 cm³/mol. The molecule has 0 saturated heterocycles. The molecule has 2 nitrogen and oxygen atoms in total. The number of benzene rings is 2. The number of nitrogens with two attached hydrogens (primary N) is 1. The highest BCUT2D eigenvalue weighted by atomic mass is 79.9. The van der Waals surface area contributed by atoms with Gasteiger partial charge in [-0.3, -0.25) is 0 Å². The van der Waals surface area contributed by atoms with Crippen LogP contribution in [0.5, 0.6) is 0 Å². The number of aromatic amines is 1. The van der Waals surface area contributed by atoms with Gasteiger partial charge in [0.05, 0.1) is 10.6 Å². The van der Waals surface area contributed by atoms with Crippen LogP contribution >= 0.6 is 27.3 Å². The van der Waals surface area contributed by atoms with Crippen LogP contribution in [0.15, 0.2) is 64.5 Å². The molecule has 26 heavy (non-hydrogen) atoms. The Morgan fingerprint density at radius 3 is 2.54 bits per heavy atom. The van der Waals surface area contributed by atoms with E-state index in [1.54, 1.807) is 11.3 Å². The van der Waals surface area contributed by atoms with Gasteiger partial charge >= 0.3 is 0 Å². The van der Waals surface area contributed by atoms with Gasteiger partial charge in [0.15, 0.2) is 0 Å². The van der Waals surface area contributed by atoms with Gasteiger partial charge in [-0.05, 0) is 82.0 Å². The lowest BCUT2D eigenvalue weighted by Gasteiger charge is -2.06. The van der Waals surface area contributed by atoms with Crippen LogP contribution in [0.1, 0.15) is 18.4 Å². The van der Waals surface area contributed by atoms with Crippen molar-refractivity contribution in [2.45, 2.75) is 19.3 Å². The van der Waals surface area contributed by atoms with Crippen molar-refractivity contribution in [2.75, 3.05) is 6.54 Å². The van der Waals surface area contributed by atoms with Gasteiger partial charge in [-0.1, -0.05) is 36.4 Å². The topological polar surface area (TPSA) is 41.8 Å². The number of thiophene rings is 1. The fraction of sp³-hybridized carbons (Fsp3) is 0.182. The minimum absolute atomic E-state index is 0.746. The minimum atomic E-state index is 0.746. The fourth-order valence-corrected chi connectivity index (χ4v) is 5.03. The molecule has 2 aromatic heterocycles. The highest BCUT2D eigenvalue weighted by Crippen LogP contribution is 2.39. The molecule has 0 amide bonds.